The summed E-state index contributed by atoms with van der Waals surface area (Å²) in [6.07, 6.45) is 2.10. The largest absolute Gasteiger partial charge is 0.305 e. The monoisotopic (exact) mass is 325 g/mol. The van der Waals surface area contributed by atoms with Crippen LogP contribution in [0.2, 0.25) is 4.34 Å². The number of imidazole rings is 1. The van der Waals surface area contributed by atoms with Crippen LogP contribution in [-0.4, -0.2) is 20.6 Å². The SMILES string of the molecule is O=Cc1c(-c2ccc(F)c([N+](=O)[O-])c2)nc2sc(Cl)cn12. The van der Waals surface area contributed by atoms with Crippen molar-refractivity contribution in [2.45, 2.75) is 0 Å². The van der Waals surface area contributed by atoms with E-state index in [4.69, 9.17) is 11.6 Å². The second-order valence-corrected chi connectivity index (χ2v) is 5.72. The van der Waals surface area contributed by atoms with Gasteiger partial charge in [0.05, 0.1) is 4.92 Å². The molecule has 0 atom stereocenters. The molecular formula is C12H5ClFN3O3S. The fraction of sp³-hybridized carbons (Fsp3) is 0. The number of nitrogens with zero attached hydrogens (tertiary/aromatic N) is 3. The molecule has 0 aliphatic carbocycles. The van der Waals surface area contributed by atoms with Gasteiger partial charge >= 0.3 is 5.69 Å². The van der Waals surface area contributed by atoms with Crippen molar-refractivity contribution < 1.29 is 14.1 Å². The maximum absolute atomic E-state index is 13.4. The molecule has 9 heteroatoms. The molecule has 0 saturated carbocycles. The third-order valence-corrected chi connectivity index (χ3v) is 3.96. The molecule has 106 valence electrons. The van der Waals surface area contributed by atoms with Crippen LogP contribution < -0.4 is 0 Å². The Hall–Kier alpha value is -2.32. The molecule has 2 heterocycles. The van der Waals surface area contributed by atoms with Crippen molar-refractivity contribution in [1.29, 1.82) is 0 Å². The van der Waals surface area contributed by atoms with Crippen molar-refractivity contribution in [3.05, 3.63) is 50.4 Å². The molecular weight excluding hydrogens is 321 g/mol. The molecule has 0 saturated heterocycles. The van der Waals surface area contributed by atoms with E-state index in [1.807, 2.05) is 0 Å². The number of nitro benzene ring substituents is 1. The van der Waals surface area contributed by atoms with Crippen molar-refractivity contribution in [1.82, 2.24) is 9.38 Å². The van der Waals surface area contributed by atoms with Gasteiger partial charge in [0.15, 0.2) is 11.2 Å². The summed E-state index contributed by atoms with van der Waals surface area (Å²) in [4.78, 5) is 25.9. The number of hydrogen-bond acceptors (Lipinski definition) is 5. The number of carbonyl (C=O) groups excluding carboxylic acids is 1. The second kappa shape index (κ2) is 4.90. The summed E-state index contributed by atoms with van der Waals surface area (Å²) in [7, 11) is 0. The van der Waals surface area contributed by atoms with Crippen LogP contribution in [0.4, 0.5) is 10.1 Å². The van der Waals surface area contributed by atoms with Gasteiger partial charge in [0.25, 0.3) is 0 Å². The Morgan fingerprint density at radius 3 is 2.90 bits per heavy atom. The Labute approximate surface area is 125 Å². The molecule has 0 radical (unpaired) electrons. The Morgan fingerprint density at radius 1 is 1.48 bits per heavy atom. The maximum atomic E-state index is 13.4. The van der Waals surface area contributed by atoms with E-state index < -0.39 is 16.4 Å². The number of rotatable bonds is 3. The lowest BCUT2D eigenvalue weighted by atomic mass is 10.1. The van der Waals surface area contributed by atoms with Gasteiger partial charge in [-0.1, -0.05) is 22.9 Å². The Bertz CT molecular complexity index is 889. The van der Waals surface area contributed by atoms with Crippen LogP contribution in [-0.2, 0) is 0 Å². The molecule has 21 heavy (non-hydrogen) atoms. The molecule has 2 aromatic heterocycles. The zero-order chi connectivity index (χ0) is 15.1. The lowest BCUT2D eigenvalue weighted by Crippen LogP contribution is -1.95. The predicted molar refractivity (Wildman–Crippen MR) is 75.5 cm³/mol. The van der Waals surface area contributed by atoms with E-state index in [2.05, 4.69) is 4.98 Å². The maximum Gasteiger partial charge on any atom is 0.305 e. The number of fused-ring (bicyclic) bond motifs is 1. The van der Waals surface area contributed by atoms with E-state index in [1.54, 1.807) is 0 Å². The van der Waals surface area contributed by atoms with Crippen molar-refractivity contribution in [2.24, 2.45) is 0 Å². The van der Waals surface area contributed by atoms with Crippen LogP contribution in [0, 0.1) is 15.9 Å². The summed E-state index contributed by atoms with van der Waals surface area (Å²) in [5, 5.41) is 10.8. The minimum absolute atomic E-state index is 0.203. The molecule has 3 rings (SSSR count). The highest BCUT2D eigenvalue weighted by molar-refractivity contribution is 7.20. The van der Waals surface area contributed by atoms with Crippen molar-refractivity contribution in [3.63, 3.8) is 0 Å². The summed E-state index contributed by atoms with van der Waals surface area (Å²) in [6.45, 7) is 0. The predicted octanol–water partition coefficient (Wildman–Crippen LogP) is 3.58. The summed E-state index contributed by atoms with van der Waals surface area (Å²) in [5.74, 6) is -0.944. The van der Waals surface area contributed by atoms with Gasteiger partial charge in [-0.15, -0.1) is 0 Å². The first-order valence-electron chi connectivity index (χ1n) is 5.58. The smallest absolute Gasteiger partial charge is 0.296 e. The number of hydrogen-bond donors (Lipinski definition) is 0. The van der Waals surface area contributed by atoms with E-state index in [1.165, 1.54) is 16.7 Å². The molecule has 6 nitrogen and oxygen atoms in total. The number of benzene rings is 1. The first-order valence-corrected chi connectivity index (χ1v) is 6.77. The lowest BCUT2D eigenvalue weighted by Gasteiger charge is -2.00. The van der Waals surface area contributed by atoms with Crippen molar-refractivity contribution in [2.75, 3.05) is 0 Å². The first-order chi connectivity index (χ1) is 10.0. The van der Waals surface area contributed by atoms with E-state index in [-0.39, 0.29) is 17.0 Å². The summed E-state index contributed by atoms with van der Waals surface area (Å²) >= 11 is 7.00. The number of aldehydes is 1. The molecule has 0 amide bonds. The highest BCUT2D eigenvalue weighted by Gasteiger charge is 2.20. The Morgan fingerprint density at radius 2 is 2.24 bits per heavy atom. The average Bonchev–Trinajstić information content (AvgIpc) is 2.94. The molecule has 0 N–H and O–H groups in total. The van der Waals surface area contributed by atoms with Crippen LogP contribution in [0.15, 0.2) is 24.4 Å². The molecule has 0 aliphatic heterocycles. The van der Waals surface area contributed by atoms with E-state index >= 15 is 0 Å². The summed E-state index contributed by atoms with van der Waals surface area (Å²) in [6, 6.07) is 3.36. The van der Waals surface area contributed by atoms with Crippen LogP contribution in [0.1, 0.15) is 10.5 Å². The fourth-order valence-electron chi connectivity index (χ4n) is 1.96. The normalized spacial score (nSPS) is 11.0. The third-order valence-electron chi connectivity index (χ3n) is 2.86. The highest BCUT2D eigenvalue weighted by atomic mass is 35.5. The van der Waals surface area contributed by atoms with Crippen LogP contribution in [0.25, 0.3) is 16.2 Å². The highest BCUT2D eigenvalue weighted by Crippen LogP contribution is 2.31. The van der Waals surface area contributed by atoms with E-state index in [0.717, 1.165) is 23.5 Å². The van der Waals surface area contributed by atoms with E-state index in [9.17, 15) is 19.3 Å². The standard InChI is InChI=1S/C12H5ClFN3O3S/c13-10-4-16-9(5-18)11(15-12(16)21-10)6-1-2-7(14)8(3-6)17(19)20/h1-5H. The lowest BCUT2D eigenvalue weighted by molar-refractivity contribution is -0.387. The van der Waals surface area contributed by atoms with Gasteiger partial charge in [-0.3, -0.25) is 19.3 Å². The van der Waals surface area contributed by atoms with Crippen LogP contribution >= 0.6 is 22.9 Å². The number of halogens is 2. The molecule has 0 aliphatic rings. The van der Waals surface area contributed by atoms with E-state index in [0.29, 0.717) is 15.6 Å². The number of thiazole rings is 1. The third kappa shape index (κ3) is 2.18. The average molecular weight is 326 g/mol. The number of nitro groups is 1. The summed E-state index contributed by atoms with van der Waals surface area (Å²) in [5.41, 5.74) is 0.0704. The second-order valence-electron chi connectivity index (χ2n) is 4.07. The zero-order valence-corrected chi connectivity index (χ0v) is 11.7. The molecule has 3 aromatic rings. The molecule has 0 fully saturated rings. The van der Waals surface area contributed by atoms with Gasteiger partial charge in [-0.25, -0.2) is 4.98 Å². The van der Waals surface area contributed by atoms with Gasteiger partial charge in [0.2, 0.25) is 5.82 Å². The molecule has 0 spiro atoms. The fourth-order valence-corrected chi connectivity index (χ4v) is 2.98. The Balaban J connectivity index is 2.25. The minimum atomic E-state index is -0.944. The quantitative estimate of drug-likeness (QED) is 0.419. The topological polar surface area (TPSA) is 77.5 Å². The van der Waals surface area contributed by atoms with Gasteiger partial charge in [-0.2, -0.15) is 4.39 Å². The first kappa shape index (κ1) is 13.7. The van der Waals surface area contributed by atoms with Crippen molar-refractivity contribution in [3.8, 4) is 11.3 Å². The summed E-state index contributed by atoms with van der Waals surface area (Å²) < 4.78 is 15.3. The minimum Gasteiger partial charge on any atom is -0.296 e. The molecule has 1 aromatic carbocycles. The molecule has 0 bridgehead atoms. The van der Waals surface area contributed by atoms with Crippen LogP contribution in [0.3, 0.4) is 0 Å². The van der Waals surface area contributed by atoms with Crippen LogP contribution in [0.5, 0.6) is 0 Å². The zero-order valence-electron chi connectivity index (χ0n) is 10.1. The van der Waals surface area contributed by atoms with Gasteiger partial charge in [0, 0.05) is 17.8 Å². The number of carbonyl (C=O) groups is 1. The number of aromatic nitrogens is 2. The van der Waals surface area contributed by atoms with Gasteiger partial charge < -0.3 is 0 Å². The molecule has 0 unspecified atom stereocenters. The Kier molecular flexibility index (Phi) is 3.19. The van der Waals surface area contributed by atoms with Gasteiger partial charge in [0.1, 0.15) is 15.7 Å². The van der Waals surface area contributed by atoms with Crippen molar-refractivity contribution >= 4 is 39.9 Å². The van der Waals surface area contributed by atoms with Gasteiger partial charge in [-0.05, 0) is 12.1 Å².